The third kappa shape index (κ3) is 4.18. The van der Waals surface area contributed by atoms with Crippen molar-refractivity contribution in [2.24, 2.45) is 0 Å². The number of ether oxygens (including phenoxy) is 1. The van der Waals surface area contributed by atoms with Crippen LogP contribution in [0.1, 0.15) is 55.9 Å². The molecule has 1 amide bonds. The second kappa shape index (κ2) is 7.68. The smallest absolute Gasteiger partial charge is 0.226 e. The number of benzene rings is 1. The van der Waals surface area contributed by atoms with Gasteiger partial charge in [0.25, 0.3) is 0 Å². The van der Waals surface area contributed by atoms with Crippen LogP contribution in [-0.2, 0) is 11.2 Å². The minimum atomic E-state index is 0.153. The molecular formula is C19H25N3O3. The van der Waals surface area contributed by atoms with Crippen LogP contribution < -0.4 is 4.74 Å². The quantitative estimate of drug-likeness (QED) is 0.834. The molecule has 1 aliphatic rings. The number of hydrogen-bond donors (Lipinski definition) is 0. The number of piperidine rings is 1. The van der Waals surface area contributed by atoms with Crippen LogP contribution in [0.4, 0.5) is 0 Å². The molecule has 0 atom stereocenters. The summed E-state index contributed by atoms with van der Waals surface area (Å²) in [5.74, 6) is 2.82. The Morgan fingerprint density at radius 3 is 2.72 bits per heavy atom. The number of nitrogens with zero attached hydrogens (tertiary/aromatic N) is 3. The third-order valence-corrected chi connectivity index (χ3v) is 4.64. The molecule has 6 heteroatoms. The standard InChI is InChI=1S/C19H25N3O3/c1-13(2)18-20-21-19(25-18)15-7-9-22(10-8-15)17(23)12-14-5-4-6-16(11-14)24-3/h4-6,11,13,15H,7-10,12H2,1-3H3. The van der Waals surface area contributed by atoms with E-state index in [9.17, 15) is 4.79 Å². The number of hydrogen-bond acceptors (Lipinski definition) is 5. The topological polar surface area (TPSA) is 68.5 Å². The number of rotatable bonds is 5. The van der Waals surface area contributed by atoms with E-state index >= 15 is 0 Å². The van der Waals surface area contributed by atoms with E-state index in [1.807, 2.05) is 43.0 Å². The molecule has 3 rings (SSSR count). The monoisotopic (exact) mass is 343 g/mol. The van der Waals surface area contributed by atoms with Crippen LogP contribution in [0.3, 0.4) is 0 Å². The number of carbonyl (C=O) groups is 1. The number of amides is 1. The Hall–Kier alpha value is -2.37. The Morgan fingerprint density at radius 1 is 1.32 bits per heavy atom. The summed E-state index contributed by atoms with van der Waals surface area (Å²) in [5.41, 5.74) is 0.977. The Bertz CT molecular complexity index is 718. The van der Waals surface area contributed by atoms with Gasteiger partial charge in [-0.25, -0.2) is 0 Å². The first-order valence-electron chi connectivity index (χ1n) is 8.81. The van der Waals surface area contributed by atoms with Crippen LogP contribution in [0.15, 0.2) is 28.7 Å². The van der Waals surface area contributed by atoms with E-state index in [2.05, 4.69) is 10.2 Å². The Labute approximate surface area is 148 Å². The highest BCUT2D eigenvalue weighted by Gasteiger charge is 2.27. The van der Waals surface area contributed by atoms with Crippen LogP contribution in [-0.4, -0.2) is 41.2 Å². The highest BCUT2D eigenvalue weighted by Crippen LogP contribution is 2.28. The maximum absolute atomic E-state index is 12.5. The van der Waals surface area contributed by atoms with Gasteiger partial charge < -0.3 is 14.1 Å². The van der Waals surface area contributed by atoms with E-state index in [0.29, 0.717) is 18.2 Å². The summed E-state index contributed by atoms with van der Waals surface area (Å²) in [7, 11) is 1.63. The third-order valence-electron chi connectivity index (χ3n) is 4.64. The summed E-state index contributed by atoms with van der Waals surface area (Å²) < 4.78 is 11.0. The van der Waals surface area contributed by atoms with E-state index in [1.165, 1.54) is 0 Å². The van der Waals surface area contributed by atoms with Crippen LogP contribution in [0.5, 0.6) is 5.75 Å². The van der Waals surface area contributed by atoms with Crippen LogP contribution in [0.25, 0.3) is 0 Å². The van der Waals surface area contributed by atoms with Gasteiger partial charge >= 0.3 is 0 Å². The van der Waals surface area contributed by atoms with Gasteiger partial charge in [-0.2, -0.15) is 0 Å². The van der Waals surface area contributed by atoms with Crippen molar-refractivity contribution in [2.45, 2.75) is 44.9 Å². The van der Waals surface area contributed by atoms with E-state index in [-0.39, 0.29) is 17.7 Å². The van der Waals surface area contributed by atoms with Gasteiger partial charge in [0.2, 0.25) is 17.7 Å². The lowest BCUT2D eigenvalue weighted by atomic mass is 9.96. The highest BCUT2D eigenvalue weighted by atomic mass is 16.5. The molecule has 134 valence electrons. The van der Waals surface area contributed by atoms with Gasteiger partial charge in [-0.05, 0) is 30.5 Å². The highest BCUT2D eigenvalue weighted by molar-refractivity contribution is 5.79. The van der Waals surface area contributed by atoms with Crippen molar-refractivity contribution in [3.63, 3.8) is 0 Å². The number of likely N-dealkylation sites (tertiary alicyclic amines) is 1. The molecule has 1 fully saturated rings. The first kappa shape index (κ1) is 17.5. The summed E-state index contributed by atoms with van der Waals surface area (Å²) in [5, 5.41) is 8.29. The molecule has 6 nitrogen and oxygen atoms in total. The maximum atomic E-state index is 12.5. The second-order valence-electron chi connectivity index (χ2n) is 6.82. The average Bonchev–Trinajstić information content (AvgIpc) is 3.12. The van der Waals surface area contributed by atoms with Gasteiger partial charge in [0.15, 0.2) is 0 Å². The summed E-state index contributed by atoms with van der Waals surface area (Å²) in [6, 6.07) is 7.67. The fourth-order valence-electron chi connectivity index (χ4n) is 3.09. The Balaban J connectivity index is 1.55. The first-order chi connectivity index (χ1) is 12.1. The minimum absolute atomic E-state index is 0.153. The Morgan fingerprint density at radius 2 is 2.08 bits per heavy atom. The van der Waals surface area contributed by atoms with Crippen molar-refractivity contribution >= 4 is 5.91 Å². The van der Waals surface area contributed by atoms with Gasteiger partial charge in [-0.1, -0.05) is 26.0 Å². The first-order valence-corrected chi connectivity index (χ1v) is 8.81. The minimum Gasteiger partial charge on any atom is -0.497 e. The van der Waals surface area contributed by atoms with Gasteiger partial charge in [0.05, 0.1) is 13.5 Å². The predicted molar refractivity (Wildman–Crippen MR) is 93.6 cm³/mol. The second-order valence-corrected chi connectivity index (χ2v) is 6.82. The van der Waals surface area contributed by atoms with E-state index < -0.39 is 0 Å². The molecule has 0 N–H and O–H groups in total. The van der Waals surface area contributed by atoms with E-state index in [4.69, 9.17) is 9.15 Å². The molecule has 1 aromatic carbocycles. The van der Waals surface area contributed by atoms with Crippen molar-refractivity contribution in [2.75, 3.05) is 20.2 Å². The average molecular weight is 343 g/mol. The molecule has 25 heavy (non-hydrogen) atoms. The number of carbonyl (C=O) groups excluding carboxylic acids is 1. The predicted octanol–water partition coefficient (Wildman–Crippen LogP) is 3.15. The lowest BCUT2D eigenvalue weighted by molar-refractivity contribution is -0.131. The molecule has 0 bridgehead atoms. The summed E-state index contributed by atoms with van der Waals surface area (Å²) >= 11 is 0. The van der Waals surface area contributed by atoms with Crippen molar-refractivity contribution in [1.29, 1.82) is 0 Å². The molecule has 0 spiro atoms. The van der Waals surface area contributed by atoms with Crippen LogP contribution >= 0.6 is 0 Å². The Kier molecular flexibility index (Phi) is 5.36. The molecule has 0 saturated carbocycles. The summed E-state index contributed by atoms with van der Waals surface area (Å²) in [4.78, 5) is 14.5. The molecule has 1 saturated heterocycles. The van der Waals surface area contributed by atoms with Gasteiger partial charge in [0, 0.05) is 24.9 Å². The molecule has 1 aliphatic heterocycles. The van der Waals surface area contributed by atoms with Crippen molar-refractivity contribution in [1.82, 2.24) is 15.1 Å². The van der Waals surface area contributed by atoms with Crippen molar-refractivity contribution in [3.8, 4) is 5.75 Å². The largest absolute Gasteiger partial charge is 0.497 e. The van der Waals surface area contributed by atoms with Crippen molar-refractivity contribution in [3.05, 3.63) is 41.6 Å². The van der Waals surface area contributed by atoms with Crippen LogP contribution in [0, 0.1) is 0 Å². The van der Waals surface area contributed by atoms with Gasteiger partial charge in [-0.3, -0.25) is 4.79 Å². The van der Waals surface area contributed by atoms with Crippen LogP contribution in [0.2, 0.25) is 0 Å². The molecule has 0 radical (unpaired) electrons. The molecule has 2 heterocycles. The zero-order chi connectivity index (χ0) is 17.8. The molecular weight excluding hydrogens is 318 g/mol. The lowest BCUT2D eigenvalue weighted by Gasteiger charge is -2.30. The molecule has 2 aromatic rings. The fraction of sp³-hybridized carbons (Fsp3) is 0.526. The SMILES string of the molecule is COc1cccc(CC(=O)N2CCC(c3nnc(C(C)C)o3)CC2)c1. The van der Waals surface area contributed by atoms with E-state index in [1.54, 1.807) is 7.11 Å². The lowest BCUT2D eigenvalue weighted by Crippen LogP contribution is -2.38. The van der Waals surface area contributed by atoms with Gasteiger partial charge in [0.1, 0.15) is 5.75 Å². The van der Waals surface area contributed by atoms with Crippen molar-refractivity contribution < 1.29 is 13.9 Å². The zero-order valence-corrected chi connectivity index (χ0v) is 15.1. The molecule has 0 unspecified atom stereocenters. The van der Waals surface area contributed by atoms with E-state index in [0.717, 1.165) is 37.2 Å². The van der Waals surface area contributed by atoms with Gasteiger partial charge in [-0.15, -0.1) is 10.2 Å². The molecule has 0 aliphatic carbocycles. The number of methoxy groups -OCH3 is 1. The number of aromatic nitrogens is 2. The normalized spacial score (nSPS) is 15.6. The maximum Gasteiger partial charge on any atom is 0.226 e. The summed E-state index contributed by atoms with van der Waals surface area (Å²) in [6.07, 6.45) is 2.13. The zero-order valence-electron chi connectivity index (χ0n) is 15.1. The summed E-state index contributed by atoms with van der Waals surface area (Å²) in [6.45, 7) is 5.54. The molecule has 1 aromatic heterocycles. The fourth-order valence-corrected chi connectivity index (χ4v) is 3.09.